The third kappa shape index (κ3) is 3.75. The fourth-order valence-electron chi connectivity index (χ4n) is 3.00. The Bertz CT molecular complexity index is 692. The van der Waals surface area contributed by atoms with Crippen molar-refractivity contribution in [3.05, 3.63) is 35.7 Å². The van der Waals surface area contributed by atoms with Crippen LogP contribution in [-0.4, -0.2) is 32.5 Å². The van der Waals surface area contributed by atoms with Crippen molar-refractivity contribution < 1.29 is 4.79 Å². The van der Waals surface area contributed by atoms with Gasteiger partial charge in [-0.05, 0) is 38.3 Å². The van der Waals surface area contributed by atoms with Crippen LogP contribution >= 0.6 is 11.8 Å². The number of carbonyl (C=O) groups excluding carboxylic acids is 1. The van der Waals surface area contributed by atoms with Crippen molar-refractivity contribution in [1.82, 2.24) is 20.1 Å². The number of aromatic nitrogens is 3. The first-order valence-electron chi connectivity index (χ1n) is 8.05. The highest BCUT2D eigenvalue weighted by Gasteiger charge is 2.18. The summed E-state index contributed by atoms with van der Waals surface area (Å²) in [6.07, 6.45) is 4.65. The van der Waals surface area contributed by atoms with Crippen molar-refractivity contribution in [2.45, 2.75) is 50.7 Å². The zero-order chi connectivity index (χ0) is 16.2. The molecule has 122 valence electrons. The second kappa shape index (κ2) is 7.17. The van der Waals surface area contributed by atoms with E-state index in [9.17, 15) is 4.79 Å². The molecule has 0 bridgehead atoms. The summed E-state index contributed by atoms with van der Waals surface area (Å²) >= 11 is 1.44. The number of carbonyl (C=O) groups is 1. The van der Waals surface area contributed by atoms with Gasteiger partial charge in [-0.1, -0.05) is 42.8 Å². The first-order valence-corrected chi connectivity index (χ1v) is 9.04. The molecule has 0 spiro atoms. The van der Waals surface area contributed by atoms with Gasteiger partial charge >= 0.3 is 0 Å². The molecule has 5 nitrogen and oxygen atoms in total. The van der Waals surface area contributed by atoms with Gasteiger partial charge in [-0.15, -0.1) is 10.2 Å². The second-order valence-corrected chi connectivity index (χ2v) is 6.93. The monoisotopic (exact) mass is 330 g/mol. The molecule has 1 saturated carbocycles. The lowest BCUT2D eigenvalue weighted by Gasteiger charge is -2.13. The number of para-hydroxylation sites is 1. The molecule has 0 saturated heterocycles. The summed E-state index contributed by atoms with van der Waals surface area (Å²) in [7, 11) is 0. The van der Waals surface area contributed by atoms with Crippen LogP contribution in [0.5, 0.6) is 0 Å². The van der Waals surface area contributed by atoms with Gasteiger partial charge < -0.3 is 5.32 Å². The molecule has 23 heavy (non-hydrogen) atoms. The number of hydrogen-bond donors (Lipinski definition) is 1. The highest BCUT2D eigenvalue weighted by molar-refractivity contribution is 7.99. The number of benzene rings is 1. The molecule has 0 unspecified atom stereocenters. The Hall–Kier alpha value is -1.82. The zero-order valence-electron chi connectivity index (χ0n) is 13.6. The van der Waals surface area contributed by atoms with Crippen molar-refractivity contribution in [2.75, 3.05) is 5.75 Å². The summed E-state index contributed by atoms with van der Waals surface area (Å²) in [5.74, 6) is 1.29. The fraction of sp³-hybridized carbons (Fsp3) is 0.471. The SMILES string of the molecule is Cc1ccccc1-n1c(C)nnc1SCC(=O)NC1CCCC1. The van der Waals surface area contributed by atoms with Gasteiger partial charge in [0.1, 0.15) is 5.82 Å². The predicted octanol–water partition coefficient (Wildman–Crippen LogP) is 3.04. The number of nitrogens with one attached hydrogen (secondary N) is 1. The Morgan fingerprint density at radius 1 is 1.26 bits per heavy atom. The molecular weight excluding hydrogens is 308 g/mol. The number of hydrogen-bond acceptors (Lipinski definition) is 4. The van der Waals surface area contributed by atoms with Gasteiger partial charge in [0.05, 0.1) is 11.4 Å². The Balaban J connectivity index is 1.69. The van der Waals surface area contributed by atoms with E-state index in [1.165, 1.54) is 24.6 Å². The maximum absolute atomic E-state index is 12.1. The van der Waals surface area contributed by atoms with Crippen LogP contribution in [0.1, 0.15) is 37.1 Å². The van der Waals surface area contributed by atoms with Gasteiger partial charge in [0.25, 0.3) is 0 Å². The van der Waals surface area contributed by atoms with Crippen LogP contribution in [-0.2, 0) is 4.79 Å². The molecule has 1 aliphatic rings. The summed E-state index contributed by atoms with van der Waals surface area (Å²) in [6, 6.07) is 8.49. The van der Waals surface area contributed by atoms with Crippen LogP contribution in [0, 0.1) is 13.8 Å². The van der Waals surface area contributed by atoms with E-state index in [1.807, 2.05) is 29.7 Å². The Morgan fingerprint density at radius 2 is 2.00 bits per heavy atom. The molecule has 3 rings (SSSR count). The number of rotatable bonds is 5. The van der Waals surface area contributed by atoms with Crippen LogP contribution < -0.4 is 5.32 Å². The van der Waals surface area contributed by atoms with E-state index in [4.69, 9.17) is 0 Å². The first-order chi connectivity index (χ1) is 11.1. The lowest BCUT2D eigenvalue weighted by Crippen LogP contribution is -2.33. The molecule has 1 aromatic carbocycles. The summed E-state index contributed by atoms with van der Waals surface area (Å²) in [6.45, 7) is 4.00. The summed E-state index contributed by atoms with van der Waals surface area (Å²) in [5.41, 5.74) is 2.22. The molecule has 0 atom stereocenters. The minimum absolute atomic E-state index is 0.0823. The van der Waals surface area contributed by atoms with Crippen molar-refractivity contribution in [3.8, 4) is 5.69 Å². The molecule has 1 aliphatic carbocycles. The van der Waals surface area contributed by atoms with E-state index in [0.717, 1.165) is 35.1 Å². The van der Waals surface area contributed by atoms with Crippen molar-refractivity contribution >= 4 is 17.7 Å². The predicted molar refractivity (Wildman–Crippen MR) is 92.0 cm³/mol. The van der Waals surface area contributed by atoms with Crippen LogP contribution in [0.4, 0.5) is 0 Å². The molecule has 6 heteroatoms. The maximum atomic E-state index is 12.1. The minimum atomic E-state index is 0.0823. The number of aryl methyl sites for hydroxylation is 2. The van der Waals surface area contributed by atoms with E-state index in [0.29, 0.717) is 11.8 Å². The standard InChI is InChI=1S/C17H22N4OS/c1-12-7-3-6-10-15(12)21-13(2)19-20-17(21)23-11-16(22)18-14-8-4-5-9-14/h3,6-7,10,14H,4-5,8-9,11H2,1-2H3,(H,18,22). The molecule has 1 amide bonds. The molecule has 1 N–H and O–H groups in total. The van der Waals surface area contributed by atoms with Crippen LogP contribution in [0.3, 0.4) is 0 Å². The topological polar surface area (TPSA) is 59.8 Å². The smallest absolute Gasteiger partial charge is 0.230 e. The molecule has 1 heterocycles. The van der Waals surface area contributed by atoms with Crippen LogP contribution in [0.15, 0.2) is 29.4 Å². The average molecular weight is 330 g/mol. The number of thioether (sulfide) groups is 1. The second-order valence-electron chi connectivity index (χ2n) is 5.99. The van der Waals surface area contributed by atoms with E-state index >= 15 is 0 Å². The number of amides is 1. The van der Waals surface area contributed by atoms with E-state index < -0.39 is 0 Å². The van der Waals surface area contributed by atoms with Gasteiger partial charge in [0, 0.05) is 6.04 Å². The number of nitrogens with zero attached hydrogens (tertiary/aromatic N) is 3. The summed E-state index contributed by atoms with van der Waals surface area (Å²) in [5, 5.41) is 12.3. The van der Waals surface area contributed by atoms with E-state index in [2.05, 4.69) is 28.5 Å². The maximum Gasteiger partial charge on any atom is 0.230 e. The Labute approximate surface area is 140 Å². The highest BCUT2D eigenvalue weighted by atomic mass is 32.2. The van der Waals surface area contributed by atoms with Gasteiger partial charge in [-0.3, -0.25) is 9.36 Å². The first kappa shape index (κ1) is 16.1. The largest absolute Gasteiger partial charge is 0.353 e. The molecule has 1 fully saturated rings. The van der Waals surface area contributed by atoms with Crippen LogP contribution in [0.25, 0.3) is 5.69 Å². The molecule has 2 aromatic rings. The van der Waals surface area contributed by atoms with Gasteiger partial charge in [-0.25, -0.2) is 0 Å². The molecular formula is C17H22N4OS. The van der Waals surface area contributed by atoms with Crippen molar-refractivity contribution in [1.29, 1.82) is 0 Å². The normalized spacial score (nSPS) is 15.0. The Kier molecular flexibility index (Phi) is 5.00. The van der Waals surface area contributed by atoms with Crippen molar-refractivity contribution in [3.63, 3.8) is 0 Å². The van der Waals surface area contributed by atoms with Gasteiger partial charge in [0.2, 0.25) is 5.91 Å². The van der Waals surface area contributed by atoms with Gasteiger partial charge in [-0.2, -0.15) is 0 Å². The summed E-state index contributed by atoms with van der Waals surface area (Å²) in [4.78, 5) is 12.1. The third-order valence-electron chi connectivity index (χ3n) is 4.20. The lowest BCUT2D eigenvalue weighted by atomic mass is 10.2. The molecule has 1 aromatic heterocycles. The molecule has 0 aliphatic heterocycles. The zero-order valence-corrected chi connectivity index (χ0v) is 14.4. The van der Waals surface area contributed by atoms with Crippen molar-refractivity contribution in [2.24, 2.45) is 0 Å². The minimum Gasteiger partial charge on any atom is -0.353 e. The lowest BCUT2D eigenvalue weighted by molar-refractivity contribution is -0.119. The van der Waals surface area contributed by atoms with Crippen LogP contribution in [0.2, 0.25) is 0 Å². The molecule has 0 radical (unpaired) electrons. The fourth-order valence-corrected chi connectivity index (χ4v) is 3.80. The van der Waals surface area contributed by atoms with E-state index in [1.54, 1.807) is 0 Å². The third-order valence-corrected chi connectivity index (χ3v) is 5.13. The summed E-state index contributed by atoms with van der Waals surface area (Å²) < 4.78 is 2.02. The quantitative estimate of drug-likeness (QED) is 0.856. The highest BCUT2D eigenvalue weighted by Crippen LogP contribution is 2.24. The Morgan fingerprint density at radius 3 is 2.74 bits per heavy atom. The van der Waals surface area contributed by atoms with E-state index in [-0.39, 0.29) is 5.91 Å². The average Bonchev–Trinajstić information content (AvgIpc) is 3.16. The van der Waals surface area contributed by atoms with Gasteiger partial charge in [0.15, 0.2) is 5.16 Å².